The Bertz CT molecular complexity index is 493. The number of hydrogen-bond acceptors (Lipinski definition) is 3. The average Bonchev–Trinajstić information content (AvgIpc) is 2.90. The van der Waals surface area contributed by atoms with Crippen molar-refractivity contribution >= 4 is 5.69 Å². The van der Waals surface area contributed by atoms with Gasteiger partial charge in [0.05, 0.1) is 11.6 Å². The van der Waals surface area contributed by atoms with Gasteiger partial charge >= 0.3 is 0 Å². The molecule has 20 heavy (non-hydrogen) atoms. The standard InChI is InChI=1S/C16H23FN2O/c1-2-14-10-16(11-18,6-8-20-14)19-7-5-12-3-4-13(17)9-15(12)19/h3-4,9,14H,2,5-8,10-11,18H2,1H3. The minimum Gasteiger partial charge on any atom is -0.378 e. The smallest absolute Gasteiger partial charge is 0.125 e. The quantitative estimate of drug-likeness (QED) is 0.923. The van der Waals surface area contributed by atoms with E-state index in [1.807, 2.05) is 6.07 Å². The number of anilines is 1. The first kappa shape index (κ1) is 13.8. The molecule has 3 nitrogen and oxygen atoms in total. The summed E-state index contributed by atoms with van der Waals surface area (Å²) in [4.78, 5) is 2.34. The maximum absolute atomic E-state index is 13.6. The van der Waals surface area contributed by atoms with Gasteiger partial charge in [-0.2, -0.15) is 0 Å². The van der Waals surface area contributed by atoms with E-state index in [2.05, 4.69) is 11.8 Å². The Kier molecular flexibility index (Phi) is 3.69. The van der Waals surface area contributed by atoms with Crippen molar-refractivity contribution in [1.29, 1.82) is 0 Å². The lowest BCUT2D eigenvalue weighted by Crippen LogP contribution is -2.58. The molecule has 0 saturated carbocycles. The van der Waals surface area contributed by atoms with Crippen LogP contribution in [0.4, 0.5) is 10.1 Å². The van der Waals surface area contributed by atoms with Crippen molar-refractivity contribution in [2.75, 3.05) is 24.6 Å². The third-order valence-electron chi connectivity index (χ3n) is 4.88. The van der Waals surface area contributed by atoms with Crippen molar-refractivity contribution in [3.8, 4) is 0 Å². The maximum Gasteiger partial charge on any atom is 0.125 e. The molecular formula is C16H23FN2O. The average molecular weight is 278 g/mol. The lowest BCUT2D eigenvalue weighted by Gasteiger charge is -2.47. The van der Waals surface area contributed by atoms with Crippen molar-refractivity contribution in [2.24, 2.45) is 5.73 Å². The Morgan fingerprint density at radius 1 is 1.50 bits per heavy atom. The molecule has 0 radical (unpaired) electrons. The highest BCUT2D eigenvalue weighted by molar-refractivity contribution is 5.60. The van der Waals surface area contributed by atoms with E-state index < -0.39 is 0 Å². The fourth-order valence-corrected chi connectivity index (χ4v) is 3.65. The second kappa shape index (κ2) is 5.34. The summed E-state index contributed by atoms with van der Waals surface area (Å²) in [6.45, 7) is 4.43. The van der Waals surface area contributed by atoms with E-state index in [-0.39, 0.29) is 17.5 Å². The Hall–Kier alpha value is -1.13. The molecule has 0 bridgehead atoms. The number of rotatable bonds is 3. The van der Waals surface area contributed by atoms with Crippen molar-refractivity contribution in [2.45, 2.75) is 44.2 Å². The second-order valence-corrected chi connectivity index (χ2v) is 5.96. The van der Waals surface area contributed by atoms with E-state index in [9.17, 15) is 4.39 Å². The second-order valence-electron chi connectivity index (χ2n) is 5.96. The number of halogens is 1. The SMILES string of the molecule is CCC1CC(CN)(N2CCc3ccc(F)cc32)CCO1. The van der Waals surface area contributed by atoms with Gasteiger partial charge in [-0.1, -0.05) is 13.0 Å². The van der Waals surface area contributed by atoms with Crippen LogP contribution in [0.3, 0.4) is 0 Å². The van der Waals surface area contributed by atoms with Gasteiger partial charge in [-0.15, -0.1) is 0 Å². The molecule has 1 saturated heterocycles. The fourth-order valence-electron chi connectivity index (χ4n) is 3.65. The Balaban J connectivity index is 1.93. The summed E-state index contributed by atoms with van der Waals surface area (Å²) >= 11 is 0. The van der Waals surface area contributed by atoms with Crippen molar-refractivity contribution in [1.82, 2.24) is 0 Å². The molecule has 2 aliphatic rings. The zero-order valence-electron chi connectivity index (χ0n) is 12.1. The summed E-state index contributed by atoms with van der Waals surface area (Å²) in [6, 6.07) is 5.12. The molecule has 0 spiro atoms. The largest absolute Gasteiger partial charge is 0.378 e. The van der Waals surface area contributed by atoms with Crippen LogP contribution in [-0.4, -0.2) is 31.3 Å². The topological polar surface area (TPSA) is 38.5 Å². The first-order valence-electron chi connectivity index (χ1n) is 7.56. The lowest BCUT2D eigenvalue weighted by atomic mass is 9.84. The number of ether oxygens (including phenoxy) is 1. The van der Waals surface area contributed by atoms with Gasteiger partial charge in [0.1, 0.15) is 5.82 Å². The molecule has 2 unspecified atom stereocenters. The normalized spacial score (nSPS) is 29.6. The van der Waals surface area contributed by atoms with Crippen LogP contribution in [0.15, 0.2) is 18.2 Å². The summed E-state index contributed by atoms with van der Waals surface area (Å²) in [7, 11) is 0. The molecule has 1 aromatic rings. The fraction of sp³-hybridized carbons (Fsp3) is 0.625. The van der Waals surface area contributed by atoms with Crippen LogP contribution >= 0.6 is 0 Å². The van der Waals surface area contributed by atoms with E-state index in [4.69, 9.17) is 10.5 Å². The number of nitrogens with two attached hydrogens (primary N) is 1. The van der Waals surface area contributed by atoms with Crippen LogP contribution in [0.5, 0.6) is 0 Å². The molecule has 110 valence electrons. The van der Waals surface area contributed by atoms with Gasteiger partial charge < -0.3 is 15.4 Å². The lowest BCUT2D eigenvalue weighted by molar-refractivity contribution is -0.0195. The minimum absolute atomic E-state index is 0.0715. The van der Waals surface area contributed by atoms with E-state index in [1.165, 1.54) is 5.56 Å². The van der Waals surface area contributed by atoms with Crippen LogP contribution in [0.2, 0.25) is 0 Å². The third kappa shape index (κ3) is 2.21. The van der Waals surface area contributed by atoms with Crippen molar-refractivity contribution in [3.63, 3.8) is 0 Å². The van der Waals surface area contributed by atoms with E-state index in [1.54, 1.807) is 12.1 Å². The first-order valence-corrected chi connectivity index (χ1v) is 7.56. The zero-order chi connectivity index (χ0) is 14.2. The maximum atomic E-state index is 13.6. The highest BCUT2D eigenvalue weighted by Gasteiger charge is 2.42. The molecule has 1 aromatic carbocycles. The molecule has 0 amide bonds. The predicted octanol–water partition coefficient (Wildman–Crippen LogP) is 2.47. The van der Waals surface area contributed by atoms with Crippen LogP contribution in [-0.2, 0) is 11.2 Å². The first-order chi connectivity index (χ1) is 9.68. The number of fused-ring (bicyclic) bond motifs is 1. The van der Waals surface area contributed by atoms with E-state index in [0.717, 1.165) is 44.5 Å². The molecule has 2 aliphatic heterocycles. The van der Waals surface area contributed by atoms with Gasteiger partial charge in [0.25, 0.3) is 0 Å². The minimum atomic E-state index is -0.165. The number of nitrogens with zero attached hydrogens (tertiary/aromatic N) is 1. The number of benzene rings is 1. The summed E-state index contributed by atoms with van der Waals surface area (Å²) in [6.07, 6.45) is 4.12. The monoisotopic (exact) mass is 278 g/mol. The zero-order valence-corrected chi connectivity index (χ0v) is 12.1. The summed E-state index contributed by atoms with van der Waals surface area (Å²) in [5.41, 5.74) is 8.34. The van der Waals surface area contributed by atoms with Crippen LogP contribution in [0.25, 0.3) is 0 Å². The van der Waals surface area contributed by atoms with Crippen LogP contribution in [0.1, 0.15) is 31.7 Å². The molecule has 3 rings (SSSR count). The molecule has 0 aromatic heterocycles. The Labute approximate surface area is 119 Å². The van der Waals surface area contributed by atoms with E-state index in [0.29, 0.717) is 6.54 Å². The molecule has 1 fully saturated rings. The van der Waals surface area contributed by atoms with Gasteiger partial charge in [0, 0.05) is 25.4 Å². The predicted molar refractivity (Wildman–Crippen MR) is 78.5 cm³/mol. The Morgan fingerprint density at radius 2 is 2.35 bits per heavy atom. The Morgan fingerprint density at radius 3 is 3.10 bits per heavy atom. The summed E-state index contributed by atoms with van der Waals surface area (Å²) in [5, 5.41) is 0. The third-order valence-corrected chi connectivity index (χ3v) is 4.88. The van der Waals surface area contributed by atoms with Crippen LogP contribution < -0.4 is 10.6 Å². The molecule has 2 N–H and O–H groups in total. The molecular weight excluding hydrogens is 255 g/mol. The van der Waals surface area contributed by atoms with Gasteiger partial charge in [-0.3, -0.25) is 0 Å². The van der Waals surface area contributed by atoms with Crippen molar-refractivity contribution in [3.05, 3.63) is 29.6 Å². The summed E-state index contributed by atoms with van der Waals surface area (Å²) in [5.74, 6) is -0.165. The van der Waals surface area contributed by atoms with Gasteiger partial charge in [0.15, 0.2) is 0 Å². The van der Waals surface area contributed by atoms with Gasteiger partial charge in [-0.05, 0) is 43.4 Å². The molecule has 2 atom stereocenters. The van der Waals surface area contributed by atoms with Gasteiger partial charge in [0.2, 0.25) is 0 Å². The van der Waals surface area contributed by atoms with E-state index >= 15 is 0 Å². The molecule has 0 aliphatic carbocycles. The molecule has 4 heteroatoms. The van der Waals surface area contributed by atoms with Gasteiger partial charge in [-0.25, -0.2) is 4.39 Å². The molecule has 2 heterocycles. The van der Waals surface area contributed by atoms with Crippen molar-refractivity contribution < 1.29 is 9.13 Å². The highest BCUT2D eigenvalue weighted by Crippen LogP contribution is 2.40. The highest BCUT2D eigenvalue weighted by atomic mass is 19.1. The summed E-state index contributed by atoms with van der Waals surface area (Å²) < 4.78 is 19.4. The van der Waals surface area contributed by atoms with Crippen LogP contribution in [0, 0.1) is 5.82 Å². The number of hydrogen-bond donors (Lipinski definition) is 1.